The summed E-state index contributed by atoms with van der Waals surface area (Å²) in [5, 5.41) is 0.660. The van der Waals surface area contributed by atoms with Gasteiger partial charge in [-0.25, -0.2) is 0 Å². The molecule has 0 bridgehead atoms. The van der Waals surface area contributed by atoms with Crippen LogP contribution in [0.15, 0.2) is 36.9 Å². The maximum atomic E-state index is 6.16. The van der Waals surface area contributed by atoms with E-state index in [0.717, 1.165) is 24.0 Å². The van der Waals surface area contributed by atoms with Crippen LogP contribution in [-0.4, -0.2) is 16.5 Å². The molecule has 3 nitrogen and oxygen atoms in total. The van der Waals surface area contributed by atoms with Crippen LogP contribution in [0.2, 0.25) is 5.02 Å². The number of pyridine rings is 2. The van der Waals surface area contributed by atoms with Gasteiger partial charge in [-0.1, -0.05) is 11.6 Å². The highest BCUT2D eigenvalue weighted by atomic mass is 35.5. The molecule has 2 rings (SSSR count). The van der Waals surface area contributed by atoms with Gasteiger partial charge in [0.2, 0.25) is 0 Å². The van der Waals surface area contributed by atoms with E-state index in [1.165, 1.54) is 5.56 Å². The molecule has 0 amide bonds. The first-order chi connectivity index (χ1) is 8.33. The van der Waals surface area contributed by atoms with Crippen molar-refractivity contribution in [1.82, 2.24) is 9.97 Å². The molecule has 17 heavy (non-hydrogen) atoms. The van der Waals surface area contributed by atoms with Crippen LogP contribution in [0.5, 0.6) is 0 Å². The molecule has 88 valence electrons. The van der Waals surface area contributed by atoms with E-state index in [1.54, 1.807) is 18.6 Å². The first-order valence-electron chi connectivity index (χ1n) is 5.55. The topological polar surface area (TPSA) is 51.8 Å². The van der Waals surface area contributed by atoms with Crippen molar-refractivity contribution in [2.45, 2.75) is 12.8 Å². The first-order valence-corrected chi connectivity index (χ1v) is 5.93. The van der Waals surface area contributed by atoms with Crippen molar-refractivity contribution in [3.63, 3.8) is 0 Å². The first kappa shape index (κ1) is 12.0. The van der Waals surface area contributed by atoms with Gasteiger partial charge in [-0.05, 0) is 42.6 Å². The van der Waals surface area contributed by atoms with E-state index < -0.39 is 0 Å². The second kappa shape index (κ2) is 5.75. The maximum absolute atomic E-state index is 6.16. The third-order valence-electron chi connectivity index (χ3n) is 2.62. The van der Waals surface area contributed by atoms with Crippen LogP contribution in [0.25, 0.3) is 11.1 Å². The summed E-state index contributed by atoms with van der Waals surface area (Å²) in [4.78, 5) is 8.15. The molecule has 0 unspecified atom stereocenters. The number of hydrogen-bond acceptors (Lipinski definition) is 3. The Morgan fingerprint density at radius 2 is 1.76 bits per heavy atom. The van der Waals surface area contributed by atoms with Gasteiger partial charge < -0.3 is 5.73 Å². The highest BCUT2D eigenvalue weighted by Crippen LogP contribution is 2.29. The Balaban J connectivity index is 2.41. The Labute approximate surface area is 106 Å². The Kier molecular flexibility index (Phi) is 4.07. The van der Waals surface area contributed by atoms with Gasteiger partial charge in [-0.3, -0.25) is 9.97 Å². The minimum Gasteiger partial charge on any atom is -0.330 e. The molecule has 0 saturated heterocycles. The average molecular weight is 248 g/mol. The highest BCUT2D eigenvalue weighted by Gasteiger charge is 2.08. The van der Waals surface area contributed by atoms with Crippen LogP contribution in [-0.2, 0) is 6.42 Å². The van der Waals surface area contributed by atoms with Crippen molar-refractivity contribution in [1.29, 1.82) is 0 Å². The number of hydrogen-bond donors (Lipinski definition) is 1. The quantitative estimate of drug-likeness (QED) is 0.904. The zero-order valence-corrected chi connectivity index (χ0v) is 10.2. The lowest BCUT2D eigenvalue weighted by molar-refractivity contribution is 0.830. The van der Waals surface area contributed by atoms with Gasteiger partial charge in [0.1, 0.15) is 0 Å². The predicted octanol–water partition coefficient (Wildman–Crippen LogP) is 2.69. The Hall–Kier alpha value is -1.45. The highest BCUT2D eigenvalue weighted by molar-refractivity contribution is 6.33. The summed E-state index contributed by atoms with van der Waals surface area (Å²) in [6.07, 6.45) is 8.91. The Bertz CT molecular complexity index is 500. The second-order valence-electron chi connectivity index (χ2n) is 3.78. The lowest BCUT2D eigenvalue weighted by Crippen LogP contribution is -2.01. The standard InChI is InChI=1S/C13H14ClN3/c14-13-9-17-7-4-12(13)11-3-6-16-8-10(11)2-1-5-15/h3-4,6-9H,1-2,5,15H2. The monoisotopic (exact) mass is 247 g/mol. The number of nitrogens with zero attached hydrogens (tertiary/aromatic N) is 2. The largest absolute Gasteiger partial charge is 0.330 e. The molecule has 0 aliphatic carbocycles. The molecule has 4 heteroatoms. The molecule has 2 aromatic rings. The van der Waals surface area contributed by atoms with Crippen molar-refractivity contribution in [3.8, 4) is 11.1 Å². The van der Waals surface area contributed by atoms with E-state index in [4.69, 9.17) is 17.3 Å². The van der Waals surface area contributed by atoms with Crippen molar-refractivity contribution in [3.05, 3.63) is 47.5 Å². The molecule has 0 atom stereocenters. The van der Waals surface area contributed by atoms with Crippen molar-refractivity contribution >= 4 is 11.6 Å². The van der Waals surface area contributed by atoms with Gasteiger partial charge in [0.25, 0.3) is 0 Å². The van der Waals surface area contributed by atoms with Gasteiger partial charge in [0.05, 0.1) is 5.02 Å². The maximum Gasteiger partial charge on any atom is 0.0667 e. The summed E-state index contributed by atoms with van der Waals surface area (Å²) in [6.45, 7) is 0.679. The third-order valence-corrected chi connectivity index (χ3v) is 2.92. The van der Waals surface area contributed by atoms with Gasteiger partial charge in [-0.2, -0.15) is 0 Å². The molecular weight excluding hydrogens is 234 g/mol. The van der Waals surface area contributed by atoms with Crippen LogP contribution in [0.4, 0.5) is 0 Å². The lowest BCUT2D eigenvalue weighted by atomic mass is 10.00. The minimum absolute atomic E-state index is 0.660. The third kappa shape index (κ3) is 2.81. The van der Waals surface area contributed by atoms with Gasteiger partial charge in [0, 0.05) is 30.4 Å². The second-order valence-corrected chi connectivity index (χ2v) is 4.19. The molecule has 2 aromatic heterocycles. The van der Waals surface area contributed by atoms with E-state index in [9.17, 15) is 0 Å². The summed E-state index contributed by atoms with van der Waals surface area (Å²) in [7, 11) is 0. The van der Waals surface area contributed by atoms with Gasteiger partial charge in [-0.15, -0.1) is 0 Å². The van der Waals surface area contributed by atoms with E-state index >= 15 is 0 Å². The summed E-state index contributed by atoms with van der Waals surface area (Å²) in [5.74, 6) is 0. The van der Waals surface area contributed by atoms with Crippen LogP contribution < -0.4 is 5.73 Å². The molecule has 0 spiro atoms. The smallest absolute Gasteiger partial charge is 0.0667 e. The van der Waals surface area contributed by atoms with Crippen LogP contribution in [0, 0.1) is 0 Å². The van der Waals surface area contributed by atoms with Gasteiger partial charge >= 0.3 is 0 Å². The fourth-order valence-corrected chi connectivity index (χ4v) is 2.00. The molecule has 2 heterocycles. The zero-order valence-electron chi connectivity index (χ0n) is 9.44. The number of nitrogens with two attached hydrogens (primary N) is 1. The Morgan fingerprint density at radius 3 is 2.47 bits per heavy atom. The van der Waals surface area contributed by atoms with Crippen molar-refractivity contribution in [2.75, 3.05) is 6.54 Å². The molecule has 0 fully saturated rings. The van der Waals surface area contributed by atoms with Crippen LogP contribution >= 0.6 is 11.6 Å². The van der Waals surface area contributed by atoms with Crippen molar-refractivity contribution in [2.24, 2.45) is 5.73 Å². The molecule has 0 saturated carbocycles. The van der Waals surface area contributed by atoms with E-state index in [1.807, 2.05) is 18.3 Å². The molecule has 0 aliphatic heterocycles. The van der Waals surface area contributed by atoms with E-state index in [0.29, 0.717) is 11.6 Å². The number of aryl methyl sites for hydroxylation is 1. The molecule has 0 aromatic carbocycles. The number of halogens is 1. The number of aromatic nitrogens is 2. The summed E-state index contributed by atoms with van der Waals surface area (Å²) < 4.78 is 0. The SMILES string of the molecule is NCCCc1cnccc1-c1ccncc1Cl. The van der Waals surface area contributed by atoms with Gasteiger partial charge in [0.15, 0.2) is 0 Å². The van der Waals surface area contributed by atoms with Crippen LogP contribution in [0.1, 0.15) is 12.0 Å². The summed E-state index contributed by atoms with van der Waals surface area (Å²) in [5.41, 5.74) is 8.82. The lowest BCUT2D eigenvalue weighted by Gasteiger charge is -2.09. The predicted molar refractivity (Wildman–Crippen MR) is 69.9 cm³/mol. The summed E-state index contributed by atoms with van der Waals surface area (Å²) >= 11 is 6.16. The minimum atomic E-state index is 0.660. The number of rotatable bonds is 4. The Morgan fingerprint density at radius 1 is 1.06 bits per heavy atom. The average Bonchev–Trinajstić information content (AvgIpc) is 2.37. The normalized spacial score (nSPS) is 10.5. The molecule has 0 radical (unpaired) electrons. The van der Waals surface area contributed by atoms with E-state index in [2.05, 4.69) is 9.97 Å². The van der Waals surface area contributed by atoms with E-state index in [-0.39, 0.29) is 0 Å². The molecule has 2 N–H and O–H groups in total. The van der Waals surface area contributed by atoms with Crippen LogP contribution in [0.3, 0.4) is 0 Å². The summed E-state index contributed by atoms with van der Waals surface area (Å²) in [6, 6.07) is 3.90. The zero-order chi connectivity index (χ0) is 12.1. The molecule has 0 aliphatic rings. The fourth-order valence-electron chi connectivity index (χ4n) is 1.78. The fraction of sp³-hybridized carbons (Fsp3) is 0.231. The van der Waals surface area contributed by atoms with Crippen molar-refractivity contribution < 1.29 is 0 Å². The molecular formula is C13H14ClN3.